The Hall–Kier alpha value is -1.20. The van der Waals surface area contributed by atoms with E-state index in [2.05, 4.69) is 5.32 Å². The van der Waals surface area contributed by atoms with Crippen molar-refractivity contribution in [1.82, 2.24) is 10.2 Å². The zero-order valence-corrected chi connectivity index (χ0v) is 10.8. The van der Waals surface area contributed by atoms with E-state index in [9.17, 15) is 13.6 Å². The molecule has 1 saturated heterocycles. The summed E-state index contributed by atoms with van der Waals surface area (Å²) in [5, 5.41) is 3.04. The molecule has 1 N–H and O–H groups in total. The largest absolute Gasteiger partial charge is 0.340 e. The zero-order valence-electron chi connectivity index (χ0n) is 9.95. The molecule has 0 aliphatic carbocycles. The Labute approximate surface area is 111 Å². The maximum absolute atomic E-state index is 13.3. The molecule has 0 unspecified atom stereocenters. The summed E-state index contributed by atoms with van der Waals surface area (Å²) in [5.74, 6) is -1.60. The van der Waals surface area contributed by atoms with Gasteiger partial charge in [-0.05, 0) is 12.1 Å². The van der Waals surface area contributed by atoms with Crippen LogP contribution in [0.3, 0.4) is 0 Å². The summed E-state index contributed by atoms with van der Waals surface area (Å²) in [7, 11) is 1.66. The number of hydrogen-bond donors (Lipinski definition) is 1. The molecule has 0 atom stereocenters. The summed E-state index contributed by atoms with van der Waals surface area (Å²) in [4.78, 5) is 13.4. The maximum Gasteiger partial charge on any atom is 0.227 e. The Bertz CT molecular complexity index is 418. The number of hydrogen-bond acceptors (Lipinski definition) is 2. The molecule has 0 bridgehead atoms. The van der Waals surface area contributed by atoms with Crippen molar-refractivity contribution in [2.45, 2.75) is 12.5 Å². The lowest BCUT2D eigenvalue weighted by molar-refractivity contribution is -0.132. The molecule has 3 nitrogen and oxygen atoms in total. The number of rotatable bonds is 3. The van der Waals surface area contributed by atoms with Crippen LogP contribution in [-0.2, 0) is 11.2 Å². The Morgan fingerprint density at radius 3 is 2.39 bits per heavy atom. The molecule has 1 aromatic carbocycles. The zero-order chi connectivity index (χ0) is 12.4. The van der Waals surface area contributed by atoms with Gasteiger partial charge in [0.1, 0.15) is 11.6 Å². The molecular formula is C12H15ClF2N2O. The Morgan fingerprint density at radius 1 is 1.39 bits per heavy atom. The summed E-state index contributed by atoms with van der Waals surface area (Å²) >= 11 is 0. The lowest BCUT2D eigenvalue weighted by Crippen LogP contribution is -2.57. The molecule has 6 heteroatoms. The second-order valence-electron chi connectivity index (χ2n) is 4.19. The molecule has 2 rings (SSSR count). The van der Waals surface area contributed by atoms with E-state index >= 15 is 0 Å². The van der Waals surface area contributed by atoms with Crippen molar-refractivity contribution in [2.24, 2.45) is 0 Å². The van der Waals surface area contributed by atoms with Gasteiger partial charge in [0.15, 0.2) is 0 Å². The first-order valence-corrected chi connectivity index (χ1v) is 5.49. The van der Waals surface area contributed by atoms with Crippen LogP contribution >= 0.6 is 12.4 Å². The Kier molecular flexibility index (Phi) is 5.04. The van der Waals surface area contributed by atoms with Gasteiger partial charge < -0.3 is 10.2 Å². The molecule has 0 spiro atoms. The van der Waals surface area contributed by atoms with E-state index in [0.717, 1.165) is 25.2 Å². The molecule has 1 fully saturated rings. The van der Waals surface area contributed by atoms with Crippen LogP contribution in [0.25, 0.3) is 0 Å². The highest BCUT2D eigenvalue weighted by Crippen LogP contribution is 2.14. The van der Waals surface area contributed by atoms with E-state index < -0.39 is 11.6 Å². The molecule has 1 amide bonds. The van der Waals surface area contributed by atoms with Gasteiger partial charge in [-0.3, -0.25) is 4.79 Å². The normalized spacial score (nSPS) is 14.6. The van der Waals surface area contributed by atoms with Crippen LogP contribution in [0.4, 0.5) is 8.78 Å². The second kappa shape index (κ2) is 6.11. The first-order chi connectivity index (χ1) is 8.09. The van der Waals surface area contributed by atoms with Crippen LogP contribution in [-0.4, -0.2) is 37.0 Å². The first kappa shape index (κ1) is 14.9. The van der Waals surface area contributed by atoms with Crippen LogP contribution in [0.15, 0.2) is 18.2 Å². The maximum atomic E-state index is 13.3. The lowest BCUT2D eigenvalue weighted by atomic mass is 10.1. The number of nitrogens with zero attached hydrogens (tertiary/aromatic N) is 1. The number of amides is 1. The minimum atomic E-state index is -0.668. The Balaban J connectivity index is 0.00000162. The molecule has 0 saturated carbocycles. The van der Waals surface area contributed by atoms with Gasteiger partial charge in [-0.15, -0.1) is 12.4 Å². The molecule has 0 aromatic heterocycles. The molecule has 1 heterocycles. The predicted octanol–water partition coefficient (Wildman–Crippen LogP) is 1.36. The predicted molar refractivity (Wildman–Crippen MR) is 66.7 cm³/mol. The molecule has 1 aromatic rings. The number of carbonyl (C=O) groups excluding carboxylic acids is 1. The van der Waals surface area contributed by atoms with Crippen molar-refractivity contribution in [3.8, 4) is 0 Å². The van der Waals surface area contributed by atoms with Gasteiger partial charge in [0.25, 0.3) is 0 Å². The number of benzene rings is 1. The highest BCUT2D eigenvalue weighted by Gasteiger charge is 2.26. The average Bonchev–Trinajstić information content (AvgIpc) is 2.21. The lowest BCUT2D eigenvalue weighted by Gasteiger charge is -2.35. The standard InChI is InChI=1S/C12H14F2N2O.ClH/c1-16(8-6-15-7-8)12(17)5-9-10(13)3-2-4-11(9)14;/h2-4,8,15H,5-7H2,1H3;1H. The van der Waals surface area contributed by atoms with Gasteiger partial charge in [-0.25, -0.2) is 8.78 Å². The van der Waals surface area contributed by atoms with Crippen molar-refractivity contribution >= 4 is 18.3 Å². The first-order valence-electron chi connectivity index (χ1n) is 5.49. The smallest absolute Gasteiger partial charge is 0.227 e. The van der Waals surface area contributed by atoms with E-state index in [1.165, 1.54) is 6.07 Å². The monoisotopic (exact) mass is 276 g/mol. The molecular weight excluding hydrogens is 262 g/mol. The molecule has 0 radical (unpaired) electrons. The van der Waals surface area contributed by atoms with E-state index in [-0.39, 0.29) is 36.3 Å². The average molecular weight is 277 g/mol. The SMILES string of the molecule is CN(C(=O)Cc1c(F)cccc1F)C1CNC1.Cl. The van der Waals surface area contributed by atoms with E-state index in [1.54, 1.807) is 11.9 Å². The molecule has 1 aliphatic rings. The van der Waals surface area contributed by atoms with Gasteiger partial charge in [0, 0.05) is 25.7 Å². The molecule has 18 heavy (non-hydrogen) atoms. The van der Waals surface area contributed by atoms with Gasteiger partial charge in [0.2, 0.25) is 5.91 Å². The third kappa shape index (κ3) is 2.97. The number of likely N-dealkylation sites (N-methyl/N-ethyl adjacent to an activating group) is 1. The van der Waals surface area contributed by atoms with Crippen LogP contribution in [0.2, 0.25) is 0 Å². The summed E-state index contributed by atoms with van der Waals surface area (Å²) in [6.07, 6.45) is -0.231. The summed E-state index contributed by atoms with van der Waals surface area (Å²) in [5.41, 5.74) is -0.156. The van der Waals surface area contributed by atoms with Crippen LogP contribution in [0.1, 0.15) is 5.56 Å². The van der Waals surface area contributed by atoms with Gasteiger partial charge in [0.05, 0.1) is 12.5 Å². The van der Waals surface area contributed by atoms with Crippen LogP contribution < -0.4 is 5.32 Å². The van der Waals surface area contributed by atoms with Crippen molar-refractivity contribution in [2.75, 3.05) is 20.1 Å². The summed E-state index contributed by atoms with van der Waals surface area (Å²) in [6, 6.07) is 3.75. The quantitative estimate of drug-likeness (QED) is 0.904. The van der Waals surface area contributed by atoms with E-state index in [4.69, 9.17) is 0 Å². The van der Waals surface area contributed by atoms with Crippen LogP contribution in [0, 0.1) is 11.6 Å². The third-order valence-corrected chi connectivity index (χ3v) is 3.09. The van der Waals surface area contributed by atoms with Crippen LogP contribution in [0.5, 0.6) is 0 Å². The summed E-state index contributed by atoms with van der Waals surface area (Å²) < 4.78 is 26.7. The fourth-order valence-corrected chi connectivity index (χ4v) is 1.73. The molecule has 100 valence electrons. The van der Waals surface area contributed by atoms with E-state index in [0.29, 0.717) is 0 Å². The minimum absolute atomic E-state index is 0. The Morgan fingerprint density at radius 2 is 1.94 bits per heavy atom. The van der Waals surface area contributed by atoms with Crippen molar-refractivity contribution in [1.29, 1.82) is 0 Å². The number of halogens is 3. The van der Waals surface area contributed by atoms with Gasteiger partial charge in [-0.2, -0.15) is 0 Å². The third-order valence-electron chi connectivity index (χ3n) is 3.09. The molecule has 1 aliphatic heterocycles. The number of nitrogens with one attached hydrogen (secondary N) is 1. The highest BCUT2D eigenvalue weighted by molar-refractivity contribution is 5.85. The summed E-state index contributed by atoms with van der Waals surface area (Å²) in [6.45, 7) is 1.48. The van der Waals surface area contributed by atoms with Crippen molar-refractivity contribution in [3.05, 3.63) is 35.4 Å². The van der Waals surface area contributed by atoms with Crippen molar-refractivity contribution in [3.63, 3.8) is 0 Å². The minimum Gasteiger partial charge on any atom is -0.340 e. The van der Waals surface area contributed by atoms with Crippen molar-refractivity contribution < 1.29 is 13.6 Å². The van der Waals surface area contributed by atoms with Gasteiger partial charge >= 0.3 is 0 Å². The fraction of sp³-hybridized carbons (Fsp3) is 0.417. The van der Waals surface area contributed by atoms with Gasteiger partial charge in [-0.1, -0.05) is 6.07 Å². The topological polar surface area (TPSA) is 32.3 Å². The van der Waals surface area contributed by atoms with E-state index in [1.807, 2.05) is 0 Å². The highest BCUT2D eigenvalue weighted by atomic mass is 35.5. The number of carbonyl (C=O) groups is 1. The second-order valence-corrected chi connectivity index (χ2v) is 4.19. The fourth-order valence-electron chi connectivity index (χ4n) is 1.73.